The summed E-state index contributed by atoms with van der Waals surface area (Å²) in [6.07, 6.45) is -9.71. The standard InChI is InChI=1S/C11H9F6NO2/c12-10(13,14)9(19)18-6-5-7-1-3-8(4-2-7)20-11(15,16)17/h1-4H,5-6H2,(H,18,19). The van der Waals surface area contributed by atoms with Gasteiger partial charge in [0.1, 0.15) is 5.75 Å². The van der Waals surface area contributed by atoms with Crippen molar-refractivity contribution in [3.8, 4) is 5.75 Å². The van der Waals surface area contributed by atoms with Crippen LogP contribution in [0.3, 0.4) is 0 Å². The molecule has 1 aromatic carbocycles. The van der Waals surface area contributed by atoms with E-state index in [1.807, 2.05) is 0 Å². The normalized spacial score (nSPS) is 12.1. The molecule has 0 heterocycles. The van der Waals surface area contributed by atoms with Crippen molar-refractivity contribution >= 4 is 5.91 Å². The SMILES string of the molecule is O=C(NCCc1ccc(OC(F)(F)F)cc1)C(F)(F)F. The van der Waals surface area contributed by atoms with E-state index in [0.717, 1.165) is 12.1 Å². The number of rotatable bonds is 4. The molecule has 1 N–H and O–H groups in total. The number of alkyl halides is 6. The van der Waals surface area contributed by atoms with Gasteiger partial charge in [-0.3, -0.25) is 4.79 Å². The number of carbonyl (C=O) groups excluding carboxylic acids is 1. The first kappa shape index (κ1) is 16.1. The minimum Gasteiger partial charge on any atom is -0.406 e. The van der Waals surface area contributed by atoms with Crippen molar-refractivity contribution in [3.05, 3.63) is 29.8 Å². The van der Waals surface area contributed by atoms with Gasteiger partial charge in [-0.2, -0.15) is 13.2 Å². The van der Waals surface area contributed by atoms with Crippen molar-refractivity contribution in [3.63, 3.8) is 0 Å². The van der Waals surface area contributed by atoms with Crippen LogP contribution in [0.5, 0.6) is 5.75 Å². The van der Waals surface area contributed by atoms with Gasteiger partial charge in [0, 0.05) is 6.54 Å². The van der Waals surface area contributed by atoms with Crippen molar-refractivity contribution in [2.45, 2.75) is 19.0 Å². The third-order valence-electron chi connectivity index (χ3n) is 2.11. The van der Waals surface area contributed by atoms with Gasteiger partial charge in [0.25, 0.3) is 0 Å². The zero-order chi connectivity index (χ0) is 15.4. The summed E-state index contributed by atoms with van der Waals surface area (Å²) in [7, 11) is 0. The average Bonchev–Trinajstić information content (AvgIpc) is 2.28. The highest BCUT2D eigenvalue weighted by molar-refractivity contribution is 5.81. The predicted molar refractivity (Wildman–Crippen MR) is 55.9 cm³/mol. The third kappa shape index (κ3) is 5.81. The van der Waals surface area contributed by atoms with Gasteiger partial charge >= 0.3 is 18.4 Å². The summed E-state index contributed by atoms with van der Waals surface area (Å²) < 4.78 is 74.8. The van der Waals surface area contributed by atoms with Crippen LogP contribution in [0.2, 0.25) is 0 Å². The van der Waals surface area contributed by atoms with Crippen LogP contribution in [0.15, 0.2) is 24.3 Å². The quantitative estimate of drug-likeness (QED) is 0.869. The fourth-order valence-electron chi connectivity index (χ4n) is 1.28. The molecule has 0 atom stereocenters. The summed E-state index contributed by atoms with van der Waals surface area (Å²) >= 11 is 0. The van der Waals surface area contributed by atoms with Crippen molar-refractivity contribution < 1.29 is 35.9 Å². The second-order valence-corrected chi connectivity index (χ2v) is 3.70. The molecular weight excluding hydrogens is 292 g/mol. The van der Waals surface area contributed by atoms with Gasteiger partial charge in [-0.05, 0) is 24.1 Å². The van der Waals surface area contributed by atoms with Crippen LogP contribution < -0.4 is 10.1 Å². The molecule has 0 spiro atoms. The largest absolute Gasteiger partial charge is 0.573 e. The molecule has 1 rings (SSSR count). The van der Waals surface area contributed by atoms with E-state index in [-0.39, 0.29) is 13.0 Å². The molecule has 0 fully saturated rings. The van der Waals surface area contributed by atoms with Gasteiger partial charge in [0.15, 0.2) is 0 Å². The molecule has 20 heavy (non-hydrogen) atoms. The Morgan fingerprint density at radius 3 is 2.05 bits per heavy atom. The van der Waals surface area contributed by atoms with Gasteiger partial charge in [-0.25, -0.2) is 0 Å². The van der Waals surface area contributed by atoms with Crippen LogP contribution in [-0.4, -0.2) is 25.0 Å². The fourth-order valence-corrected chi connectivity index (χ4v) is 1.28. The van der Waals surface area contributed by atoms with E-state index in [4.69, 9.17) is 0 Å². The Morgan fingerprint density at radius 1 is 1.05 bits per heavy atom. The Bertz CT molecular complexity index is 451. The average molecular weight is 301 g/mol. The van der Waals surface area contributed by atoms with Gasteiger partial charge in [-0.1, -0.05) is 12.1 Å². The van der Waals surface area contributed by atoms with Crippen molar-refractivity contribution in [2.75, 3.05) is 6.54 Å². The number of hydrogen-bond acceptors (Lipinski definition) is 2. The molecular formula is C11H9F6NO2. The molecule has 9 heteroatoms. The smallest absolute Gasteiger partial charge is 0.406 e. The maximum Gasteiger partial charge on any atom is 0.573 e. The lowest BCUT2D eigenvalue weighted by molar-refractivity contribution is -0.274. The molecule has 112 valence electrons. The summed E-state index contributed by atoms with van der Waals surface area (Å²) in [6.45, 7) is -0.280. The maximum absolute atomic E-state index is 11.9. The van der Waals surface area contributed by atoms with E-state index < -0.39 is 24.2 Å². The van der Waals surface area contributed by atoms with Crippen molar-refractivity contribution in [2.24, 2.45) is 0 Å². The highest BCUT2D eigenvalue weighted by Gasteiger charge is 2.38. The molecule has 0 aliphatic heterocycles. The van der Waals surface area contributed by atoms with E-state index in [9.17, 15) is 31.1 Å². The fraction of sp³-hybridized carbons (Fsp3) is 0.364. The highest BCUT2D eigenvalue weighted by atomic mass is 19.4. The molecule has 3 nitrogen and oxygen atoms in total. The summed E-state index contributed by atoms with van der Waals surface area (Å²) in [5.74, 6) is -2.49. The van der Waals surface area contributed by atoms with Crippen LogP contribution in [0.25, 0.3) is 0 Å². The molecule has 0 unspecified atom stereocenters. The second-order valence-electron chi connectivity index (χ2n) is 3.70. The minimum absolute atomic E-state index is 0.0497. The molecule has 0 aliphatic rings. The summed E-state index contributed by atoms with van der Waals surface area (Å²) in [5.41, 5.74) is 0.460. The summed E-state index contributed by atoms with van der Waals surface area (Å²) in [6, 6.07) is 4.60. The maximum atomic E-state index is 11.9. The molecule has 0 saturated carbocycles. The summed E-state index contributed by atoms with van der Waals surface area (Å²) in [5, 5.41) is 1.65. The zero-order valence-corrected chi connectivity index (χ0v) is 9.81. The number of hydrogen-bond donors (Lipinski definition) is 1. The van der Waals surface area contributed by atoms with Gasteiger partial charge < -0.3 is 10.1 Å². The van der Waals surface area contributed by atoms with Crippen molar-refractivity contribution in [1.29, 1.82) is 0 Å². The van der Waals surface area contributed by atoms with Crippen LogP contribution in [0, 0.1) is 0 Å². The molecule has 0 saturated heterocycles. The lowest BCUT2D eigenvalue weighted by atomic mass is 10.1. The van der Waals surface area contributed by atoms with E-state index in [0.29, 0.717) is 5.56 Å². The number of carbonyl (C=O) groups is 1. The van der Waals surface area contributed by atoms with E-state index >= 15 is 0 Å². The molecule has 1 amide bonds. The molecule has 0 aromatic heterocycles. The van der Waals surface area contributed by atoms with Crippen molar-refractivity contribution in [1.82, 2.24) is 5.32 Å². The van der Waals surface area contributed by atoms with E-state index in [1.165, 1.54) is 12.1 Å². The van der Waals surface area contributed by atoms with E-state index in [2.05, 4.69) is 4.74 Å². The van der Waals surface area contributed by atoms with Crippen LogP contribution in [-0.2, 0) is 11.2 Å². The predicted octanol–water partition coefficient (Wildman–Crippen LogP) is 2.81. The van der Waals surface area contributed by atoms with Gasteiger partial charge in [0.05, 0.1) is 0 Å². The molecule has 1 aromatic rings. The molecule has 0 bridgehead atoms. The van der Waals surface area contributed by atoms with Gasteiger partial charge in [0.2, 0.25) is 0 Å². The number of halogens is 6. The Morgan fingerprint density at radius 2 is 1.60 bits per heavy atom. The zero-order valence-electron chi connectivity index (χ0n) is 9.81. The Balaban J connectivity index is 2.45. The first-order chi connectivity index (χ1) is 9.08. The summed E-state index contributed by atoms with van der Waals surface area (Å²) in [4.78, 5) is 10.5. The van der Waals surface area contributed by atoms with E-state index in [1.54, 1.807) is 5.32 Å². The van der Waals surface area contributed by atoms with Gasteiger partial charge in [-0.15, -0.1) is 13.2 Å². The number of amides is 1. The first-order valence-corrected chi connectivity index (χ1v) is 5.27. The van der Waals surface area contributed by atoms with Crippen LogP contribution in [0.4, 0.5) is 26.3 Å². The van der Waals surface area contributed by atoms with Crippen LogP contribution >= 0.6 is 0 Å². The topological polar surface area (TPSA) is 38.3 Å². The Hall–Kier alpha value is -1.93. The third-order valence-corrected chi connectivity index (χ3v) is 2.11. The molecule has 0 aliphatic carbocycles. The minimum atomic E-state index is -4.95. The lowest BCUT2D eigenvalue weighted by Crippen LogP contribution is -2.37. The Kier molecular flexibility index (Phi) is 4.85. The second kappa shape index (κ2) is 6.02. The monoisotopic (exact) mass is 301 g/mol. The Labute approximate surface area is 109 Å². The number of nitrogens with one attached hydrogen (secondary N) is 1. The number of ether oxygens (including phenoxy) is 1. The van der Waals surface area contributed by atoms with Crippen LogP contribution in [0.1, 0.15) is 5.56 Å². The highest BCUT2D eigenvalue weighted by Crippen LogP contribution is 2.22. The molecule has 0 radical (unpaired) electrons. The first-order valence-electron chi connectivity index (χ1n) is 5.27. The number of benzene rings is 1. The lowest BCUT2D eigenvalue weighted by Gasteiger charge is -2.10.